The molecule has 0 saturated carbocycles. The molecule has 3 N–H and O–H groups in total. The van der Waals surface area contributed by atoms with Gasteiger partial charge in [-0.1, -0.05) is 17.7 Å². The van der Waals surface area contributed by atoms with E-state index in [4.69, 9.17) is 9.47 Å². The second-order valence-corrected chi connectivity index (χ2v) is 9.27. The average molecular weight is 511 g/mol. The van der Waals surface area contributed by atoms with Crippen molar-refractivity contribution < 1.29 is 27.8 Å². The molecule has 0 aromatic heterocycles. The molecule has 3 rings (SSSR count). The van der Waals surface area contributed by atoms with Crippen LogP contribution in [0.5, 0.6) is 11.5 Å². The van der Waals surface area contributed by atoms with Crippen molar-refractivity contribution in [1.29, 1.82) is 0 Å². The molecule has 0 aliphatic carbocycles. The SMILES string of the molecule is COc1ccc(NS(=O)(=O)c2cc(N=N/C(C(=O)Nc3ccc(C)cc3)=C(\C)O)ccc2OC)cc1. The van der Waals surface area contributed by atoms with Gasteiger partial charge in [-0.3, -0.25) is 9.52 Å². The molecule has 1 amide bonds. The van der Waals surface area contributed by atoms with Gasteiger partial charge in [-0.05, 0) is 68.4 Å². The van der Waals surface area contributed by atoms with Crippen LogP contribution in [0.4, 0.5) is 17.1 Å². The summed E-state index contributed by atoms with van der Waals surface area (Å²) in [6.45, 7) is 3.21. The van der Waals surface area contributed by atoms with Crippen molar-refractivity contribution in [1.82, 2.24) is 0 Å². The van der Waals surface area contributed by atoms with Gasteiger partial charge in [0.05, 0.1) is 19.9 Å². The normalized spacial score (nSPS) is 12.1. The Hall–Kier alpha value is -4.38. The van der Waals surface area contributed by atoms with Crippen LogP contribution in [0.15, 0.2) is 93.3 Å². The predicted molar refractivity (Wildman–Crippen MR) is 136 cm³/mol. The molecule has 188 valence electrons. The van der Waals surface area contributed by atoms with Gasteiger partial charge in [-0.25, -0.2) is 8.42 Å². The number of nitrogens with one attached hydrogen (secondary N) is 2. The van der Waals surface area contributed by atoms with Gasteiger partial charge in [-0.2, -0.15) is 5.11 Å². The van der Waals surface area contributed by atoms with Crippen LogP contribution in [0.2, 0.25) is 0 Å². The summed E-state index contributed by atoms with van der Waals surface area (Å²) < 4.78 is 38.9. The Labute approximate surface area is 209 Å². The lowest BCUT2D eigenvalue weighted by atomic mass is 10.2. The van der Waals surface area contributed by atoms with E-state index in [9.17, 15) is 18.3 Å². The molecule has 0 saturated heterocycles. The highest BCUT2D eigenvalue weighted by Crippen LogP contribution is 2.31. The van der Waals surface area contributed by atoms with Gasteiger partial charge in [0, 0.05) is 11.4 Å². The van der Waals surface area contributed by atoms with Crippen molar-refractivity contribution in [3.05, 3.63) is 83.7 Å². The summed E-state index contributed by atoms with van der Waals surface area (Å²) in [5.74, 6) is -0.371. The molecule has 0 heterocycles. The number of benzene rings is 3. The number of nitrogens with zero attached hydrogens (tertiary/aromatic N) is 2. The Morgan fingerprint density at radius 1 is 0.917 bits per heavy atom. The molecular formula is C25H26N4O6S. The number of amides is 1. The molecule has 0 unspecified atom stereocenters. The number of hydrogen-bond acceptors (Lipinski definition) is 8. The lowest BCUT2D eigenvalue weighted by molar-refractivity contribution is -0.113. The van der Waals surface area contributed by atoms with Gasteiger partial charge in [0.1, 0.15) is 22.2 Å². The fourth-order valence-corrected chi connectivity index (χ4v) is 4.27. The number of aliphatic hydroxyl groups excluding tert-OH is 1. The summed E-state index contributed by atoms with van der Waals surface area (Å²) in [4.78, 5) is 12.4. The number of anilines is 2. The highest BCUT2D eigenvalue weighted by Gasteiger charge is 2.21. The van der Waals surface area contributed by atoms with Crippen molar-refractivity contribution in [2.24, 2.45) is 10.2 Å². The first kappa shape index (κ1) is 26.2. The summed E-state index contributed by atoms with van der Waals surface area (Å²) in [5, 5.41) is 20.4. The monoisotopic (exact) mass is 510 g/mol. The van der Waals surface area contributed by atoms with Crippen LogP contribution in [0, 0.1) is 6.92 Å². The number of aliphatic hydroxyl groups is 1. The van der Waals surface area contributed by atoms with Crippen LogP contribution in [-0.4, -0.2) is 33.7 Å². The number of azo groups is 1. The largest absolute Gasteiger partial charge is 0.510 e. The fraction of sp³-hybridized carbons (Fsp3) is 0.160. The van der Waals surface area contributed by atoms with Crippen molar-refractivity contribution in [2.45, 2.75) is 18.7 Å². The molecule has 10 nitrogen and oxygen atoms in total. The number of ether oxygens (including phenoxy) is 2. The molecule has 0 bridgehead atoms. The first-order valence-electron chi connectivity index (χ1n) is 10.7. The minimum Gasteiger partial charge on any atom is -0.510 e. The minimum atomic E-state index is -4.07. The third-order valence-electron chi connectivity index (χ3n) is 4.91. The maximum Gasteiger partial charge on any atom is 0.279 e. The maximum atomic E-state index is 13.1. The second kappa shape index (κ2) is 11.4. The summed E-state index contributed by atoms with van der Waals surface area (Å²) in [6, 6.07) is 17.6. The van der Waals surface area contributed by atoms with E-state index in [-0.39, 0.29) is 27.8 Å². The topological polar surface area (TPSA) is 139 Å². The Morgan fingerprint density at radius 2 is 1.56 bits per heavy atom. The first-order chi connectivity index (χ1) is 17.1. The Bertz CT molecular complexity index is 1400. The Balaban J connectivity index is 1.86. The molecule has 0 fully saturated rings. The van der Waals surface area contributed by atoms with E-state index in [0.29, 0.717) is 17.1 Å². The van der Waals surface area contributed by atoms with E-state index in [2.05, 4.69) is 20.3 Å². The van der Waals surface area contributed by atoms with Gasteiger partial charge >= 0.3 is 0 Å². The van der Waals surface area contributed by atoms with E-state index < -0.39 is 15.9 Å². The van der Waals surface area contributed by atoms with Crippen LogP contribution < -0.4 is 19.5 Å². The molecule has 0 aliphatic heterocycles. The maximum absolute atomic E-state index is 13.1. The van der Waals surface area contributed by atoms with Crippen molar-refractivity contribution >= 4 is 33.0 Å². The lowest BCUT2D eigenvalue weighted by Crippen LogP contribution is -2.14. The van der Waals surface area contributed by atoms with Gasteiger partial charge in [0.2, 0.25) is 0 Å². The zero-order valence-electron chi connectivity index (χ0n) is 20.1. The zero-order chi connectivity index (χ0) is 26.3. The second-order valence-electron chi connectivity index (χ2n) is 7.62. The van der Waals surface area contributed by atoms with Crippen LogP contribution in [0.1, 0.15) is 12.5 Å². The molecule has 0 spiro atoms. The van der Waals surface area contributed by atoms with Crippen LogP contribution in [0.3, 0.4) is 0 Å². The summed E-state index contributed by atoms with van der Waals surface area (Å²) in [5.41, 5.74) is 1.65. The van der Waals surface area contributed by atoms with Crippen LogP contribution in [0.25, 0.3) is 0 Å². The Kier molecular flexibility index (Phi) is 8.28. The smallest absolute Gasteiger partial charge is 0.279 e. The third kappa shape index (κ3) is 6.60. The Morgan fingerprint density at radius 3 is 2.14 bits per heavy atom. The fourth-order valence-electron chi connectivity index (χ4n) is 3.02. The van der Waals surface area contributed by atoms with E-state index in [1.54, 1.807) is 36.4 Å². The average Bonchev–Trinajstić information content (AvgIpc) is 2.85. The number of methoxy groups -OCH3 is 2. The number of aryl methyl sites for hydroxylation is 1. The van der Waals surface area contributed by atoms with Crippen LogP contribution in [-0.2, 0) is 14.8 Å². The molecular weight excluding hydrogens is 484 g/mol. The van der Waals surface area contributed by atoms with Gasteiger partial charge in [0.15, 0.2) is 5.70 Å². The zero-order valence-corrected chi connectivity index (χ0v) is 21.0. The van der Waals surface area contributed by atoms with Crippen LogP contribution >= 0.6 is 0 Å². The molecule has 0 atom stereocenters. The van der Waals surface area contributed by atoms with Gasteiger partial charge in [0.25, 0.3) is 15.9 Å². The lowest BCUT2D eigenvalue weighted by Gasteiger charge is -2.12. The van der Waals surface area contributed by atoms with Gasteiger partial charge < -0.3 is 19.9 Å². The predicted octanol–water partition coefficient (Wildman–Crippen LogP) is 5.32. The third-order valence-corrected chi connectivity index (χ3v) is 6.31. The summed E-state index contributed by atoms with van der Waals surface area (Å²) in [6.07, 6.45) is 0. The number of carbonyl (C=O) groups excluding carboxylic acids is 1. The van der Waals surface area contributed by atoms with Crippen molar-refractivity contribution in [3.8, 4) is 11.5 Å². The number of rotatable bonds is 9. The summed E-state index contributed by atoms with van der Waals surface area (Å²) in [7, 11) is -1.22. The van der Waals surface area contributed by atoms with E-state index in [1.807, 2.05) is 19.1 Å². The van der Waals surface area contributed by atoms with E-state index >= 15 is 0 Å². The molecule has 3 aromatic carbocycles. The molecule has 0 radical (unpaired) electrons. The number of allylic oxidation sites excluding steroid dienone is 1. The van der Waals surface area contributed by atoms with E-state index in [0.717, 1.165) is 5.56 Å². The van der Waals surface area contributed by atoms with Crippen molar-refractivity contribution in [3.63, 3.8) is 0 Å². The number of sulfonamides is 1. The number of hydrogen-bond donors (Lipinski definition) is 3. The van der Waals surface area contributed by atoms with E-state index in [1.165, 1.54) is 39.3 Å². The van der Waals surface area contributed by atoms with Crippen molar-refractivity contribution in [2.75, 3.05) is 24.3 Å². The highest BCUT2D eigenvalue weighted by atomic mass is 32.2. The number of carbonyl (C=O) groups is 1. The quantitative estimate of drug-likeness (QED) is 0.202. The first-order valence-corrected chi connectivity index (χ1v) is 12.2. The minimum absolute atomic E-state index is 0.0844. The summed E-state index contributed by atoms with van der Waals surface area (Å²) >= 11 is 0. The molecule has 3 aromatic rings. The molecule has 0 aliphatic rings. The highest BCUT2D eigenvalue weighted by molar-refractivity contribution is 7.92. The van der Waals surface area contributed by atoms with Gasteiger partial charge in [-0.15, -0.1) is 5.11 Å². The molecule has 11 heteroatoms. The standard InChI is InChI=1S/C25H26N4O6S/c1-16-5-7-18(8-6-16)26-25(31)24(17(2)30)28-27-20-11-14-22(35-4)23(15-20)36(32,33)29-19-9-12-21(34-3)13-10-19/h5-15,29-30H,1-4H3,(H,26,31)/b24-17+,28-27?. The molecule has 36 heavy (non-hydrogen) atoms.